The number of aromatic nitrogens is 3. The molecule has 8 nitrogen and oxygen atoms in total. The number of hydrogen-bond donors (Lipinski definition) is 2. The maximum absolute atomic E-state index is 10.9. The standard InChI is InChI=1S/C17H14N6O2/c1-11-19-17(22-21-11)16(12-5-3-2-4-6-12)20-15-8-7-14(23(24)25)9-13(15)10-18/h2-9,16,20H,1H3,(H,19,21,22). The van der Waals surface area contributed by atoms with Crippen LogP contribution in [0.3, 0.4) is 0 Å². The normalized spacial score (nSPS) is 11.5. The Bertz CT molecular complexity index is 945. The zero-order valence-electron chi connectivity index (χ0n) is 13.3. The summed E-state index contributed by atoms with van der Waals surface area (Å²) >= 11 is 0. The summed E-state index contributed by atoms with van der Waals surface area (Å²) in [4.78, 5) is 14.7. The van der Waals surface area contributed by atoms with Gasteiger partial charge in [0.05, 0.1) is 16.2 Å². The molecular formula is C17H14N6O2. The van der Waals surface area contributed by atoms with Crippen LogP contribution in [-0.4, -0.2) is 20.1 Å². The number of aryl methyl sites for hydroxylation is 1. The molecule has 8 heteroatoms. The number of nitrogens with one attached hydrogen (secondary N) is 2. The first kappa shape index (κ1) is 16.1. The summed E-state index contributed by atoms with van der Waals surface area (Å²) in [6.45, 7) is 1.80. The lowest BCUT2D eigenvalue weighted by atomic mass is 10.0. The van der Waals surface area contributed by atoms with E-state index < -0.39 is 11.0 Å². The van der Waals surface area contributed by atoms with Crippen LogP contribution in [0.15, 0.2) is 48.5 Å². The number of H-pyrrole nitrogens is 1. The summed E-state index contributed by atoms with van der Waals surface area (Å²) < 4.78 is 0. The lowest BCUT2D eigenvalue weighted by Crippen LogP contribution is -2.15. The fraction of sp³-hybridized carbons (Fsp3) is 0.118. The molecule has 0 saturated heterocycles. The van der Waals surface area contributed by atoms with Gasteiger partial charge in [0.25, 0.3) is 5.69 Å². The maximum atomic E-state index is 10.9. The number of non-ortho nitro benzene ring substituents is 1. The third kappa shape index (κ3) is 3.45. The van der Waals surface area contributed by atoms with Crippen LogP contribution in [-0.2, 0) is 0 Å². The van der Waals surface area contributed by atoms with Crippen molar-refractivity contribution in [2.75, 3.05) is 5.32 Å². The molecule has 124 valence electrons. The smallest absolute Gasteiger partial charge is 0.270 e. The van der Waals surface area contributed by atoms with Crippen LogP contribution in [0.1, 0.15) is 28.8 Å². The summed E-state index contributed by atoms with van der Waals surface area (Å²) in [5.74, 6) is 1.19. The molecule has 1 atom stereocenters. The monoisotopic (exact) mass is 334 g/mol. The van der Waals surface area contributed by atoms with Gasteiger partial charge in [0.15, 0.2) is 5.82 Å². The van der Waals surface area contributed by atoms with Gasteiger partial charge in [-0.3, -0.25) is 15.2 Å². The highest BCUT2D eigenvalue weighted by Crippen LogP contribution is 2.28. The molecular weight excluding hydrogens is 320 g/mol. The Balaban J connectivity index is 2.02. The van der Waals surface area contributed by atoms with Crippen molar-refractivity contribution in [2.24, 2.45) is 0 Å². The molecule has 1 aromatic heterocycles. The molecule has 0 spiro atoms. The number of nitrogens with zero attached hydrogens (tertiary/aromatic N) is 4. The van der Waals surface area contributed by atoms with Gasteiger partial charge in [-0.2, -0.15) is 10.4 Å². The molecule has 2 N–H and O–H groups in total. The Kier molecular flexibility index (Phi) is 4.39. The molecule has 0 saturated carbocycles. The third-order valence-corrected chi connectivity index (χ3v) is 3.64. The van der Waals surface area contributed by atoms with E-state index in [-0.39, 0.29) is 11.3 Å². The predicted octanol–water partition coefficient (Wildman–Crippen LogP) is 3.09. The Morgan fingerprint density at radius 2 is 2.04 bits per heavy atom. The second kappa shape index (κ2) is 6.80. The Labute approximate surface area is 143 Å². The molecule has 3 aromatic rings. The average Bonchev–Trinajstić information content (AvgIpc) is 3.06. The molecule has 0 amide bonds. The molecule has 0 radical (unpaired) electrons. The van der Waals surface area contributed by atoms with Gasteiger partial charge in [0.2, 0.25) is 0 Å². The van der Waals surface area contributed by atoms with Crippen LogP contribution < -0.4 is 5.32 Å². The van der Waals surface area contributed by atoms with Gasteiger partial charge >= 0.3 is 0 Å². The second-order valence-corrected chi connectivity index (χ2v) is 5.37. The summed E-state index contributed by atoms with van der Waals surface area (Å²) in [5.41, 5.74) is 1.43. The lowest BCUT2D eigenvalue weighted by Gasteiger charge is -2.18. The van der Waals surface area contributed by atoms with Gasteiger partial charge < -0.3 is 5.32 Å². The van der Waals surface area contributed by atoms with Crippen molar-refractivity contribution in [1.82, 2.24) is 15.2 Å². The molecule has 25 heavy (non-hydrogen) atoms. The molecule has 2 aromatic carbocycles. The van der Waals surface area contributed by atoms with Crippen LogP contribution in [0.2, 0.25) is 0 Å². The molecule has 0 aliphatic carbocycles. The Morgan fingerprint density at radius 3 is 2.64 bits per heavy atom. The first-order chi connectivity index (χ1) is 12.1. The molecule has 0 aliphatic rings. The van der Waals surface area contributed by atoms with E-state index in [2.05, 4.69) is 20.5 Å². The highest BCUT2D eigenvalue weighted by molar-refractivity contribution is 5.62. The molecule has 1 unspecified atom stereocenters. The van der Waals surface area contributed by atoms with E-state index in [1.807, 2.05) is 36.4 Å². The average molecular weight is 334 g/mol. The van der Waals surface area contributed by atoms with E-state index in [4.69, 9.17) is 0 Å². The number of rotatable bonds is 5. The van der Waals surface area contributed by atoms with Crippen LogP contribution in [0.25, 0.3) is 0 Å². The molecule has 1 heterocycles. The number of anilines is 1. The minimum Gasteiger partial charge on any atom is -0.370 e. The maximum Gasteiger partial charge on any atom is 0.270 e. The third-order valence-electron chi connectivity index (χ3n) is 3.64. The van der Waals surface area contributed by atoms with Gasteiger partial charge in [-0.15, -0.1) is 0 Å². The van der Waals surface area contributed by atoms with Crippen molar-refractivity contribution in [3.05, 3.63) is 81.4 Å². The Morgan fingerprint density at radius 1 is 1.28 bits per heavy atom. The predicted molar refractivity (Wildman–Crippen MR) is 90.8 cm³/mol. The minimum atomic E-state index is -0.530. The first-order valence-electron chi connectivity index (χ1n) is 7.47. The van der Waals surface area contributed by atoms with Crippen molar-refractivity contribution in [3.63, 3.8) is 0 Å². The van der Waals surface area contributed by atoms with Crippen LogP contribution in [0.4, 0.5) is 11.4 Å². The van der Waals surface area contributed by atoms with Crippen molar-refractivity contribution >= 4 is 11.4 Å². The zero-order chi connectivity index (χ0) is 17.8. The van der Waals surface area contributed by atoms with E-state index in [1.165, 1.54) is 18.2 Å². The SMILES string of the molecule is Cc1nc(C(Nc2ccc([N+](=O)[O-])cc2C#N)c2ccccc2)n[nH]1. The zero-order valence-corrected chi connectivity index (χ0v) is 13.3. The van der Waals surface area contributed by atoms with E-state index in [0.29, 0.717) is 17.3 Å². The van der Waals surface area contributed by atoms with Crippen molar-refractivity contribution in [2.45, 2.75) is 13.0 Å². The van der Waals surface area contributed by atoms with Crippen molar-refractivity contribution < 1.29 is 4.92 Å². The topological polar surface area (TPSA) is 121 Å². The van der Waals surface area contributed by atoms with Gasteiger partial charge in [-0.1, -0.05) is 30.3 Å². The number of benzene rings is 2. The quantitative estimate of drug-likeness (QED) is 0.546. The highest BCUT2D eigenvalue weighted by Gasteiger charge is 2.20. The number of nitro benzene ring substituents is 1. The molecule has 0 bridgehead atoms. The fourth-order valence-electron chi connectivity index (χ4n) is 2.45. The second-order valence-electron chi connectivity index (χ2n) is 5.37. The number of aromatic amines is 1. The van der Waals surface area contributed by atoms with E-state index in [0.717, 1.165) is 5.56 Å². The molecule has 3 rings (SSSR count). The van der Waals surface area contributed by atoms with E-state index >= 15 is 0 Å². The van der Waals surface area contributed by atoms with E-state index in [1.54, 1.807) is 6.92 Å². The van der Waals surface area contributed by atoms with Gasteiger partial charge in [0, 0.05) is 12.1 Å². The molecule has 0 aliphatic heterocycles. The number of nitro groups is 1. The van der Waals surface area contributed by atoms with Gasteiger partial charge in [-0.05, 0) is 18.6 Å². The molecule has 0 fully saturated rings. The van der Waals surface area contributed by atoms with Crippen molar-refractivity contribution in [3.8, 4) is 6.07 Å². The first-order valence-corrected chi connectivity index (χ1v) is 7.47. The summed E-state index contributed by atoms with van der Waals surface area (Å²) in [7, 11) is 0. The van der Waals surface area contributed by atoms with Crippen LogP contribution in [0, 0.1) is 28.4 Å². The summed E-state index contributed by atoms with van der Waals surface area (Å²) in [5, 5.41) is 30.5. The number of hydrogen-bond acceptors (Lipinski definition) is 6. The summed E-state index contributed by atoms with van der Waals surface area (Å²) in [6, 6.07) is 15.2. The lowest BCUT2D eigenvalue weighted by molar-refractivity contribution is -0.384. The van der Waals surface area contributed by atoms with E-state index in [9.17, 15) is 15.4 Å². The van der Waals surface area contributed by atoms with Gasteiger partial charge in [0.1, 0.15) is 17.9 Å². The highest BCUT2D eigenvalue weighted by atomic mass is 16.6. The minimum absolute atomic E-state index is 0.132. The van der Waals surface area contributed by atoms with Crippen LogP contribution >= 0.6 is 0 Å². The van der Waals surface area contributed by atoms with Crippen LogP contribution in [0.5, 0.6) is 0 Å². The van der Waals surface area contributed by atoms with Gasteiger partial charge in [-0.25, -0.2) is 4.98 Å². The summed E-state index contributed by atoms with van der Waals surface area (Å²) in [6.07, 6.45) is 0. The van der Waals surface area contributed by atoms with Crippen molar-refractivity contribution in [1.29, 1.82) is 5.26 Å². The fourth-order valence-corrected chi connectivity index (χ4v) is 2.45. The number of nitriles is 1. The Hall–Kier alpha value is -3.73. The largest absolute Gasteiger partial charge is 0.370 e.